The molecule has 18 heavy (non-hydrogen) atoms. The normalized spacial score (nSPS) is 24.1. The Morgan fingerprint density at radius 1 is 1.61 bits per heavy atom. The number of hydrogen-bond acceptors (Lipinski definition) is 4. The average molecular weight is 330 g/mol. The van der Waals surface area contributed by atoms with Gasteiger partial charge in [-0.2, -0.15) is 11.8 Å². The molecule has 2 unspecified atom stereocenters. The highest BCUT2D eigenvalue weighted by atomic mass is 79.9. The Hall–Kier alpha value is -0.750. The third-order valence-corrected chi connectivity index (χ3v) is 5.22. The summed E-state index contributed by atoms with van der Waals surface area (Å²) in [5.74, 6) is 1.37. The van der Waals surface area contributed by atoms with E-state index in [2.05, 4.69) is 34.8 Å². The molecule has 0 radical (unpaired) electrons. The molecule has 2 rings (SSSR count). The van der Waals surface area contributed by atoms with Crippen molar-refractivity contribution in [3.05, 3.63) is 22.3 Å². The Morgan fingerprint density at radius 2 is 2.33 bits per heavy atom. The number of nitrogens with zero attached hydrogens (tertiary/aromatic N) is 2. The van der Waals surface area contributed by atoms with Crippen LogP contribution in [0.1, 0.15) is 24.2 Å². The van der Waals surface area contributed by atoms with Gasteiger partial charge in [0.15, 0.2) is 0 Å². The van der Waals surface area contributed by atoms with Gasteiger partial charge in [-0.15, -0.1) is 0 Å². The molecule has 1 amide bonds. The highest BCUT2D eigenvalue weighted by Gasteiger charge is 2.30. The first kappa shape index (κ1) is 13.7. The minimum atomic E-state index is 0.0237. The molecule has 1 aliphatic heterocycles. The lowest BCUT2D eigenvalue weighted by Crippen LogP contribution is -2.48. The van der Waals surface area contributed by atoms with E-state index in [0.29, 0.717) is 21.1 Å². The molecule has 0 aromatic carbocycles. The SMILES string of the molecule is CC1SCCN(C(=O)c2cc(N)ncc2Br)C1C. The van der Waals surface area contributed by atoms with Gasteiger partial charge in [0.25, 0.3) is 5.91 Å². The zero-order valence-corrected chi connectivity index (χ0v) is 12.8. The molecule has 1 fully saturated rings. The number of nitrogen functional groups attached to an aromatic ring is 1. The van der Waals surface area contributed by atoms with Crippen LogP contribution >= 0.6 is 27.7 Å². The van der Waals surface area contributed by atoms with Gasteiger partial charge in [0, 0.05) is 34.3 Å². The molecule has 1 aromatic rings. The number of carbonyl (C=O) groups excluding carboxylic acids is 1. The monoisotopic (exact) mass is 329 g/mol. The molecular weight excluding hydrogens is 314 g/mol. The maximum absolute atomic E-state index is 12.5. The van der Waals surface area contributed by atoms with Crippen LogP contribution < -0.4 is 5.73 Å². The van der Waals surface area contributed by atoms with Gasteiger partial charge in [0.05, 0.1) is 5.56 Å². The van der Waals surface area contributed by atoms with E-state index in [9.17, 15) is 4.79 Å². The number of thioether (sulfide) groups is 1. The quantitative estimate of drug-likeness (QED) is 0.859. The summed E-state index contributed by atoms with van der Waals surface area (Å²) in [7, 11) is 0. The molecule has 0 saturated carbocycles. The third kappa shape index (κ3) is 2.64. The Kier molecular flexibility index (Phi) is 4.17. The fraction of sp³-hybridized carbons (Fsp3) is 0.500. The fourth-order valence-electron chi connectivity index (χ4n) is 1.99. The number of amides is 1. The van der Waals surface area contributed by atoms with Gasteiger partial charge < -0.3 is 10.6 Å². The molecule has 4 nitrogen and oxygen atoms in total. The summed E-state index contributed by atoms with van der Waals surface area (Å²) >= 11 is 5.27. The van der Waals surface area contributed by atoms with Gasteiger partial charge in [-0.05, 0) is 28.9 Å². The van der Waals surface area contributed by atoms with Gasteiger partial charge in [-0.3, -0.25) is 4.79 Å². The van der Waals surface area contributed by atoms with Crippen molar-refractivity contribution in [2.45, 2.75) is 25.1 Å². The second-order valence-corrected chi connectivity index (χ2v) is 6.74. The predicted octanol–water partition coefficient (Wildman–Crippen LogP) is 2.39. The van der Waals surface area contributed by atoms with Gasteiger partial charge in [-0.1, -0.05) is 6.92 Å². The van der Waals surface area contributed by atoms with E-state index < -0.39 is 0 Å². The Morgan fingerprint density at radius 3 is 3.06 bits per heavy atom. The van der Waals surface area contributed by atoms with E-state index in [1.807, 2.05) is 16.7 Å². The van der Waals surface area contributed by atoms with E-state index in [1.165, 1.54) is 0 Å². The summed E-state index contributed by atoms with van der Waals surface area (Å²) in [6.07, 6.45) is 1.58. The minimum Gasteiger partial charge on any atom is -0.384 e. The molecule has 2 atom stereocenters. The highest BCUT2D eigenvalue weighted by molar-refractivity contribution is 9.10. The Balaban J connectivity index is 2.27. The molecule has 0 bridgehead atoms. The van der Waals surface area contributed by atoms with Crippen LogP contribution in [0, 0.1) is 0 Å². The summed E-state index contributed by atoms with van der Waals surface area (Å²) in [6.45, 7) is 5.03. The summed E-state index contributed by atoms with van der Waals surface area (Å²) in [5.41, 5.74) is 6.24. The van der Waals surface area contributed by atoms with Crippen LogP contribution in [0.25, 0.3) is 0 Å². The molecule has 0 aliphatic carbocycles. The average Bonchev–Trinajstić information content (AvgIpc) is 2.35. The molecular formula is C12H16BrN3OS. The molecule has 0 spiro atoms. The molecule has 2 N–H and O–H groups in total. The topological polar surface area (TPSA) is 59.2 Å². The Bertz CT molecular complexity index is 469. The molecule has 1 aliphatic rings. The lowest BCUT2D eigenvalue weighted by molar-refractivity contribution is 0.0697. The third-order valence-electron chi connectivity index (χ3n) is 3.25. The first-order valence-electron chi connectivity index (χ1n) is 5.84. The minimum absolute atomic E-state index is 0.0237. The maximum Gasteiger partial charge on any atom is 0.255 e. The Labute approximate surface area is 119 Å². The van der Waals surface area contributed by atoms with Crippen LogP contribution in [-0.2, 0) is 0 Å². The van der Waals surface area contributed by atoms with Gasteiger partial charge in [0.2, 0.25) is 0 Å². The van der Waals surface area contributed by atoms with E-state index in [1.54, 1.807) is 12.3 Å². The zero-order chi connectivity index (χ0) is 13.3. The predicted molar refractivity (Wildman–Crippen MR) is 78.8 cm³/mol. The van der Waals surface area contributed by atoms with Crippen LogP contribution in [0.2, 0.25) is 0 Å². The molecule has 1 aromatic heterocycles. The number of rotatable bonds is 1. The number of pyridine rings is 1. The number of hydrogen-bond donors (Lipinski definition) is 1. The summed E-state index contributed by atoms with van der Waals surface area (Å²) < 4.78 is 0.694. The van der Waals surface area contributed by atoms with E-state index in [0.717, 1.165) is 12.3 Å². The van der Waals surface area contributed by atoms with Crippen molar-refractivity contribution in [1.82, 2.24) is 9.88 Å². The van der Waals surface area contributed by atoms with Gasteiger partial charge in [-0.25, -0.2) is 4.98 Å². The molecule has 98 valence electrons. The van der Waals surface area contributed by atoms with Gasteiger partial charge >= 0.3 is 0 Å². The number of aromatic nitrogens is 1. The zero-order valence-electron chi connectivity index (χ0n) is 10.4. The van der Waals surface area contributed by atoms with Crippen LogP contribution in [0.4, 0.5) is 5.82 Å². The first-order chi connectivity index (χ1) is 8.50. The number of halogens is 1. The van der Waals surface area contributed by atoms with Crippen molar-refractivity contribution in [1.29, 1.82) is 0 Å². The van der Waals surface area contributed by atoms with Crippen molar-refractivity contribution in [2.75, 3.05) is 18.0 Å². The van der Waals surface area contributed by atoms with Crippen molar-refractivity contribution in [2.24, 2.45) is 0 Å². The van der Waals surface area contributed by atoms with E-state index >= 15 is 0 Å². The number of nitrogens with two attached hydrogens (primary N) is 1. The molecule has 1 saturated heterocycles. The van der Waals surface area contributed by atoms with Crippen LogP contribution in [0.15, 0.2) is 16.7 Å². The van der Waals surface area contributed by atoms with Crippen molar-refractivity contribution < 1.29 is 4.79 Å². The van der Waals surface area contributed by atoms with Crippen LogP contribution in [0.5, 0.6) is 0 Å². The van der Waals surface area contributed by atoms with E-state index in [-0.39, 0.29) is 11.9 Å². The van der Waals surface area contributed by atoms with Crippen LogP contribution in [-0.4, -0.2) is 39.4 Å². The fourth-order valence-corrected chi connectivity index (χ4v) is 3.48. The maximum atomic E-state index is 12.5. The second kappa shape index (κ2) is 5.48. The summed E-state index contributed by atoms with van der Waals surface area (Å²) in [4.78, 5) is 18.4. The van der Waals surface area contributed by atoms with Crippen molar-refractivity contribution in [3.63, 3.8) is 0 Å². The van der Waals surface area contributed by atoms with Crippen LogP contribution in [0.3, 0.4) is 0 Å². The lowest BCUT2D eigenvalue weighted by atomic mass is 10.1. The summed E-state index contributed by atoms with van der Waals surface area (Å²) in [6, 6.07) is 1.86. The summed E-state index contributed by atoms with van der Waals surface area (Å²) in [5, 5.41) is 0.459. The second-order valence-electron chi connectivity index (χ2n) is 4.40. The lowest BCUT2D eigenvalue weighted by Gasteiger charge is -2.37. The standard InChI is InChI=1S/C12H16BrN3OS/c1-7-8(2)18-4-3-16(7)12(17)9-5-11(14)15-6-10(9)13/h5-8H,3-4H2,1-2H3,(H2,14,15). The van der Waals surface area contributed by atoms with Crippen molar-refractivity contribution in [3.8, 4) is 0 Å². The van der Waals surface area contributed by atoms with Gasteiger partial charge in [0.1, 0.15) is 5.82 Å². The molecule has 6 heteroatoms. The largest absolute Gasteiger partial charge is 0.384 e. The smallest absolute Gasteiger partial charge is 0.255 e. The van der Waals surface area contributed by atoms with E-state index in [4.69, 9.17) is 5.73 Å². The highest BCUT2D eigenvalue weighted by Crippen LogP contribution is 2.27. The number of anilines is 1. The first-order valence-corrected chi connectivity index (χ1v) is 7.68. The van der Waals surface area contributed by atoms with Crippen molar-refractivity contribution >= 4 is 39.4 Å². The molecule has 2 heterocycles. The number of carbonyl (C=O) groups is 1.